The lowest BCUT2D eigenvalue weighted by Crippen LogP contribution is -2.60. The highest BCUT2D eigenvalue weighted by atomic mass is 16.5. The SMILES string of the molecule is CCOC(=O)C(CC)(CN1CCCCC1)C(=O)NC(=O)C(CC)(CN1CCCCC1)C(=O)OCC. The zero-order valence-corrected chi connectivity index (χ0v) is 22.2. The van der Waals surface area contributed by atoms with Gasteiger partial charge < -0.3 is 19.3 Å². The number of ether oxygens (including phenoxy) is 2. The van der Waals surface area contributed by atoms with Crippen molar-refractivity contribution >= 4 is 23.8 Å². The number of imide groups is 1. The lowest BCUT2D eigenvalue weighted by atomic mass is 9.80. The fraction of sp³-hybridized carbons (Fsp3) is 0.846. The van der Waals surface area contributed by atoms with Crippen LogP contribution in [-0.4, -0.2) is 86.0 Å². The number of nitrogens with one attached hydrogen (secondary N) is 1. The van der Waals surface area contributed by atoms with Crippen LogP contribution in [0.1, 0.15) is 79.1 Å². The minimum absolute atomic E-state index is 0.137. The predicted octanol–water partition coefficient (Wildman–Crippen LogP) is 2.52. The molecule has 200 valence electrons. The summed E-state index contributed by atoms with van der Waals surface area (Å²) in [6.45, 7) is 10.7. The van der Waals surface area contributed by atoms with Crippen molar-refractivity contribution in [2.45, 2.75) is 79.1 Å². The normalized spacial score (nSPS) is 20.8. The summed E-state index contributed by atoms with van der Waals surface area (Å²) in [4.78, 5) is 57.9. The highest BCUT2D eigenvalue weighted by molar-refractivity contribution is 6.14. The van der Waals surface area contributed by atoms with E-state index in [-0.39, 0.29) is 39.1 Å². The number of piperidine rings is 2. The zero-order chi connectivity index (χ0) is 25.9. The van der Waals surface area contributed by atoms with Gasteiger partial charge in [0.25, 0.3) is 0 Å². The molecule has 2 rings (SSSR count). The van der Waals surface area contributed by atoms with E-state index in [4.69, 9.17) is 9.47 Å². The van der Waals surface area contributed by atoms with E-state index < -0.39 is 34.6 Å². The van der Waals surface area contributed by atoms with Crippen LogP contribution in [0.15, 0.2) is 0 Å². The maximum atomic E-state index is 13.7. The Kier molecular flexibility index (Phi) is 11.6. The van der Waals surface area contributed by atoms with Gasteiger partial charge in [-0.2, -0.15) is 0 Å². The molecule has 0 radical (unpaired) electrons. The number of carbonyl (C=O) groups excluding carboxylic acids is 4. The molecule has 2 heterocycles. The van der Waals surface area contributed by atoms with Gasteiger partial charge in [-0.05, 0) is 78.6 Å². The first kappa shape index (κ1) is 29.2. The number of nitrogens with zero attached hydrogens (tertiary/aromatic N) is 2. The molecule has 0 spiro atoms. The van der Waals surface area contributed by atoms with E-state index in [0.717, 1.165) is 64.7 Å². The van der Waals surface area contributed by atoms with Gasteiger partial charge in [0, 0.05) is 13.1 Å². The van der Waals surface area contributed by atoms with E-state index in [2.05, 4.69) is 15.1 Å². The lowest BCUT2D eigenvalue weighted by Gasteiger charge is -2.38. The third-order valence-electron chi connectivity index (χ3n) is 7.52. The standard InChI is InChI=1S/C26H45N3O6/c1-5-25(23(32)34-7-3,19-28-15-11-9-12-16-28)21(30)27-22(31)26(6-2,24(33)35-8-4)20-29-17-13-10-14-18-29/h5-20H2,1-4H3,(H,27,30,31). The van der Waals surface area contributed by atoms with Crippen molar-refractivity contribution in [3.8, 4) is 0 Å². The summed E-state index contributed by atoms with van der Waals surface area (Å²) >= 11 is 0. The first-order valence-electron chi connectivity index (χ1n) is 13.4. The average Bonchev–Trinajstić information content (AvgIpc) is 2.87. The third-order valence-corrected chi connectivity index (χ3v) is 7.52. The molecule has 0 aliphatic carbocycles. The largest absolute Gasteiger partial charge is 0.465 e. The Morgan fingerprint density at radius 3 is 1.26 bits per heavy atom. The Morgan fingerprint density at radius 2 is 0.971 bits per heavy atom. The van der Waals surface area contributed by atoms with Crippen molar-refractivity contribution in [3.63, 3.8) is 0 Å². The van der Waals surface area contributed by atoms with Crippen LogP contribution in [-0.2, 0) is 28.7 Å². The molecule has 2 unspecified atom stereocenters. The van der Waals surface area contributed by atoms with Crippen LogP contribution in [0, 0.1) is 10.8 Å². The van der Waals surface area contributed by atoms with Crippen LogP contribution < -0.4 is 5.32 Å². The topological polar surface area (TPSA) is 105 Å². The second kappa shape index (κ2) is 13.9. The molecule has 0 aromatic rings. The molecule has 9 heteroatoms. The molecular formula is C26H45N3O6. The summed E-state index contributed by atoms with van der Waals surface area (Å²) in [6, 6.07) is 0. The molecule has 2 saturated heterocycles. The van der Waals surface area contributed by atoms with Crippen LogP contribution in [0.2, 0.25) is 0 Å². The van der Waals surface area contributed by atoms with E-state index in [1.807, 2.05) is 0 Å². The van der Waals surface area contributed by atoms with Gasteiger partial charge in [-0.1, -0.05) is 26.7 Å². The van der Waals surface area contributed by atoms with Crippen molar-refractivity contribution in [1.82, 2.24) is 15.1 Å². The van der Waals surface area contributed by atoms with E-state index in [1.165, 1.54) is 0 Å². The molecule has 35 heavy (non-hydrogen) atoms. The summed E-state index contributed by atoms with van der Waals surface area (Å²) in [5.74, 6) is -2.66. The molecule has 2 aliphatic heterocycles. The van der Waals surface area contributed by atoms with Gasteiger partial charge in [0.05, 0.1) is 13.2 Å². The number of esters is 2. The summed E-state index contributed by atoms with van der Waals surface area (Å²) in [6.07, 6.45) is 6.62. The Bertz CT molecular complexity index is 673. The molecular weight excluding hydrogens is 450 g/mol. The molecule has 2 aliphatic rings. The summed E-state index contributed by atoms with van der Waals surface area (Å²) < 4.78 is 10.6. The first-order chi connectivity index (χ1) is 16.8. The van der Waals surface area contributed by atoms with Crippen molar-refractivity contribution in [3.05, 3.63) is 0 Å². The van der Waals surface area contributed by atoms with Gasteiger partial charge in [-0.3, -0.25) is 24.5 Å². The highest BCUT2D eigenvalue weighted by Crippen LogP contribution is 2.31. The monoisotopic (exact) mass is 495 g/mol. The van der Waals surface area contributed by atoms with E-state index >= 15 is 0 Å². The van der Waals surface area contributed by atoms with E-state index in [9.17, 15) is 19.2 Å². The Labute approximate surface area is 210 Å². The van der Waals surface area contributed by atoms with Crippen LogP contribution >= 0.6 is 0 Å². The molecule has 1 N–H and O–H groups in total. The van der Waals surface area contributed by atoms with Crippen molar-refractivity contribution in [2.75, 3.05) is 52.5 Å². The minimum Gasteiger partial charge on any atom is -0.465 e. The van der Waals surface area contributed by atoms with Crippen molar-refractivity contribution in [2.24, 2.45) is 10.8 Å². The predicted molar refractivity (Wildman–Crippen MR) is 132 cm³/mol. The number of likely N-dealkylation sites (tertiary alicyclic amines) is 2. The summed E-state index contributed by atoms with van der Waals surface area (Å²) in [5.41, 5.74) is -3.05. The van der Waals surface area contributed by atoms with E-state index in [1.54, 1.807) is 27.7 Å². The quantitative estimate of drug-likeness (QED) is 0.325. The fourth-order valence-electron chi connectivity index (χ4n) is 5.17. The second-order valence-corrected chi connectivity index (χ2v) is 9.77. The molecule has 0 saturated carbocycles. The molecule has 0 aromatic heterocycles. The average molecular weight is 496 g/mol. The van der Waals surface area contributed by atoms with Crippen molar-refractivity contribution < 1.29 is 28.7 Å². The van der Waals surface area contributed by atoms with Gasteiger partial charge in [0.15, 0.2) is 10.8 Å². The summed E-state index contributed by atoms with van der Waals surface area (Å²) in [5, 5.41) is 2.49. The van der Waals surface area contributed by atoms with Gasteiger partial charge in [0.2, 0.25) is 11.8 Å². The molecule has 2 atom stereocenters. The molecule has 0 aromatic carbocycles. The van der Waals surface area contributed by atoms with Gasteiger partial charge in [-0.25, -0.2) is 0 Å². The number of rotatable bonds is 12. The Morgan fingerprint density at radius 1 is 0.629 bits per heavy atom. The van der Waals surface area contributed by atoms with Gasteiger partial charge >= 0.3 is 11.9 Å². The van der Waals surface area contributed by atoms with Crippen LogP contribution in [0.5, 0.6) is 0 Å². The fourth-order valence-corrected chi connectivity index (χ4v) is 5.17. The number of hydrogen-bond donors (Lipinski definition) is 1. The molecule has 0 bridgehead atoms. The maximum absolute atomic E-state index is 13.7. The van der Waals surface area contributed by atoms with Gasteiger partial charge in [0.1, 0.15) is 0 Å². The lowest BCUT2D eigenvalue weighted by molar-refractivity contribution is -0.166. The molecule has 2 amide bonds. The van der Waals surface area contributed by atoms with Crippen molar-refractivity contribution in [1.29, 1.82) is 0 Å². The Hall–Kier alpha value is -2.00. The number of carbonyl (C=O) groups is 4. The van der Waals surface area contributed by atoms with Crippen LogP contribution in [0.25, 0.3) is 0 Å². The van der Waals surface area contributed by atoms with E-state index in [0.29, 0.717) is 0 Å². The second-order valence-electron chi connectivity index (χ2n) is 9.77. The highest BCUT2D eigenvalue weighted by Gasteiger charge is 2.52. The third kappa shape index (κ3) is 7.03. The molecule has 9 nitrogen and oxygen atoms in total. The van der Waals surface area contributed by atoms with Crippen LogP contribution in [0.3, 0.4) is 0 Å². The summed E-state index contributed by atoms with van der Waals surface area (Å²) in [7, 11) is 0. The van der Waals surface area contributed by atoms with Crippen LogP contribution in [0.4, 0.5) is 0 Å². The number of hydrogen-bond acceptors (Lipinski definition) is 8. The minimum atomic E-state index is -1.53. The number of amides is 2. The Balaban J connectivity index is 2.34. The first-order valence-corrected chi connectivity index (χ1v) is 13.4. The maximum Gasteiger partial charge on any atom is 0.322 e. The van der Waals surface area contributed by atoms with Gasteiger partial charge in [-0.15, -0.1) is 0 Å². The molecule has 2 fully saturated rings. The smallest absolute Gasteiger partial charge is 0.322 e. The zero-order valence-electron chi connectivity index (χ0n) is 22.2.